The van der Waals surface area contributed by atoms with Crippen LogP contribution in [0, 0.1) is 5.82 Å². The van der Waals surface area contributed by atoms with Gasteiger partial charge in [0.2, 0.25) is 0 Å². The topological polar surface area (TPSA) is 41.3 Å². The number of hydrogen-bond acceptors (Lipinski definition) is 3. The number of likely N-dealkylation sites (N-methyl/N-ethyl adjacent to an activating group) is 1. The fourth-order valence-electron chi connectivity index (χ4n) is 2.36. The van der Waals surface area contributed by atoms with Crippen LogP contribution in [0.1, 0.15) is 26.3 Å². The van der Waals surface area contributed by atoms with E-state index in [0.717, 1.165) is 38.2 Å². The maximum Gasteiger partial charge on any atom is 0.123 e. The maximum absolute atomic E-state index is 13.2. The van der Waals surface area contributed by atoms with Gasteiger partial charge >= 0.3 is 0 Å². The fraction of sp³-hybridized carbons (Fsp3) is 0.625. The number of nitrogens with zero attached hydrogens (tertiary/aromatic N) is 1. The van der Waals surface area contributed by atoms with E-state index in [0.29, 0.717) is 6.54 Å². The van der Waals surface area contributed by atoms with Crippen molar-refractivity contribution in [2.75, 3.05) is 32.7 Å². The van der Waals surface area contributed by atoms with Crippen molar-refractivity contribution in [2.24, 2.45) is 5.73 Å². The van der Waals surface area contributed by atoms with Crippen molar-refractivity contribution in [1.82, 2.24) is 10.2 Å². The number of nitrogens with two attached hydrogens (primary N) is 1. The van der Waals surface area contributed by atoms with Gasteiger partial charge in [0.15, 0.2) is 0 Å². The van der Waals surface area contributed by atoms with Crippen LogP contribution in [0.5, 0.6) is 0 Å². The number of rotatable bonds is 9. The van der Waals surface area contributed by atoms with Crippen LogP contribution in [0.25, 0.3) is 0 Å². The smallest absolute Gasteiger partial charge is 0.123 e. The van der Waals surface area contributed by atoms with E-state index in [9.17, 15) is 4.39 Å². The highest BCUT2D eigenvalue weighted by molar-refractivity contribution is 5.19. The second kappa shape index (κ2) is 8.35. The monoisotopic (exact) mass is 281 g/mol. The molecule has 0 aliphatic carbocycles. The zero-order valence-corrected chi connectivity index (χ0v) is 13.0. The molecule has 1 unspecified atom stereocenters. The third-order valence-electron chi connectivity index (χ3n) is 3.81. The molecule has 0 bridgehead atoms. The lowest BCUT2D eigenvalue weighted by molar-refractivity contribution is 0.274. The highest BCUT2D eigenvalue weighted by atomic mass is 19.1. The molecule has 0 spiro atoms. The number of halogens is 1. The molecule has 1 aromatic carbocycles. The van der Waals surface area contributed by atoms with Crippen molar-refractivity contribution in [3.63, 3.8) is 0 Å². The van der Waals surface area contributed by atoms with Crippen LogP contribution in [-0.4, -0.2) is 43.2 Å². The van der Waals surface area contributed by atoms with Gasteiger partial charge in [0.1, 0.15) is 5.82 Å². The summed E-state index contributed by atoms with van der Waals surface area (Å²) >= 11 is 0. The zero-order chi connectivity index (χ0) is 15.0. The second-order valence-electron chi connectivity index (χ2n) is 5.53. The molecule has 1 rings (SSSR count). The van der Waals surface area contributed by atoms with Crippen LogP contribution < -0.4 is 11.1 Å². The Morgan fingerprint density at radius 3 is 2.55 bits per heavy atom. The second-order valence-corrected chi connectivity index (χ2v) is 5.53. The Kier molecular flexibility index (Phi) is 7.13. The fourth-order valence-corrected chi connectivity index (χ4v) is 2.36. The molecule has 1 aromatic rings. The molecule has 3 nitrogen and oxygen atoms in total. The highest BCUT2D eigenvalue weighted by Gasteiger charge is 2.22. The van der Waals surface area contributed by atoms with Crippen molar-refractivity contribution >= 4 is 0 Å². The van der Waals surface area contributed by atoms with Crippen molar-refractivity contribution in [2.45, 2.75) is 32.7 Å². The largest absolute Gasteiger partial charge is 0.329 e. The molecule has 0 heterocycles. The molecule has 0 aliphatic heterocycles. The third kappa shape index (κ3) is 5.57. The molecule has 0 aromatic heterocycles. The molecule has 3 N–H and O–H groups in total. The van der Waals surface area contributed by atoms with E-state index in [4.69, 9.17) is 5.73 Å². The summed E-state index contributed by atoms with van der Waals surface area (Å²) in [6.45, 7) is 11.0. The Labute approximate surface area is 122 Å². The molecule has 0 aliphatic rings. The first-order chi connectivity index (χ1) is 9.53. The van der Waals surface area contributed by atoms with Crippen LogP contribution in [0.15, 0.2) is 24.3 Å². The molecule has 0 fully saturated rings. The van der Waals surface area contributed by atoms with Crippen LogP contribution in [0.2, 0.25) is 0 Å². The SMILES string of the molecule is CCN(CC)CCNC(C)(CN)Cc1cccc(F)c1. The average Bonchev–Trinajstić information content (AvgIpc) is 2.44. The lowest BCUT2D eigenvalue weighted by atomic mass is 9.92. The predicted octanol–water partition coefficient (Wildman–Crippen LogP) is 2.02. The predicted molar refractivity (Wildman–Crippen MR) is 83.4 cm³/mol. The Morgan fingerprint density at radius 1 is 1.30 bits per heavy atom. The van der Waals surface area contributed by atoms with Crippen molar-refractivity contribution in [3.8, 4) is 0 Å². The van der Waals surface area contributed by atoms with E-state index in [1.807, 2.05) is 6.07 Å². The van der Waals surface area contributed by atoms with Gasteiger partial charge in [0.05, 0.1) is 0 Å². The summed E-state index contributed by atoms with van der Waals surface area (Å²) in [5.41, 5.74) is 6.69. The van der Waals surface area contributed by atoms with E-state index >= 15 is 0 Å². The summed E-state index contributed by atoms with van der Waals surface area (Å²) in [7, 11) is 0. The van der Waals surface area contributed by atoms with E-state index < -0.39 is 0 Å². The molecular formula is C16H28FN3. The maximum atomic E-state index is 13.2. The molecule has 0 amide bonds. The van der Waals surface area contributed by atoms with Crippen LogP contribution in [-0.2, 0) is 6.42 Å². The first-order valence-corrected chi connectivity index (χ1v) is 7.45. The minimum absolute atomic E-state index is 0.190. The minimum Gasteiger partial charge on any atom is -0.329 e. The average molecular weight is 281 g/mol. The summed E-state index contributed by atoms with van der Waals surface area (Å²) in [5.74, 6) is -0.190. The first-order valence-electron chi connectivity index (χ1n) is 7.45. The molecule has 0 saturated heterocycles. The quantitative estimate of drug-likeness (QED) is 0.727. The third-order valence-corrected chi connectivity index (χ3v) is 3.81. The first kappa shape index (κ1) is 17.1. The van der Waals surface area contributed by atoms with Crippen molar-refractivity contribution in [3.05, 3.63) is 35.6 Å². The Bertz CT molecular complexity index is 393. The van der Waals surface area contributed by atoms with Gasteiger partial charge in [0, 0.05) is 25.2 Å². The molecular weight excluding hydrogens is 253 g/mol. The van der Waals surface area contributed by atoms with Gasteiger partial charge < -0.3 is 16.0 Å². The van der Waals surface area contributed by atoms with E-state index in [1.54, 1.807) is 12.1 Å². The Balaban J connectivity index is 2.54. The van der Waals surface area contributed by atoms with Crippen LogP contribution >= 0.6 is 0 Å². The zero-order valence-electron chi connectivity index (χ0n) is 13.0. The normalized spacial score (nSPS) is 14.5. The molecule has 0 radical (unpaired) electrons. The number of benzene rings is 1. The van der Waals surface area contributed by atoms with Crippen LogP contribution in [0.4, 0.5) is 4.39 Å². The van der Waals surface area contributed by atoms with Gasteiger partial charge in [-0.15, -0.1) is 0 Å². The Morgan fingerprint density at radius 2 is 2.00 bits per heavy atom. The van der Waals surface area contributed by atoms with Gasteiger partial charge in [-0.1, -0.05) is 26.0 Å². The Hall–Kier alpha value is -0.970. The number of nitrogens with one attached hydrogen (secondary N) is 1. The van der Waals surface area contributed by atoms with Gasteiger partial charge in [-0.2, -0.15) is 0 Å². The standard InChI is InChI=1S/C16H28FN3/c1-4-20(5-2)10-9-19-16(3,13-18)12-14-7-6-8-15(17)11-14/h6-8,11,19H,4-5,9-10,12-13,18H2,1-3H3. The van der Waals surface area contributed by atoms with Gasteiger partial charge in [-0.3, -0.25) is 0 Å². The summed E-state index contributed by atoms with van der Waals surface area (Å²) in [4.78, 5) is 2.37. The summed E-state index contributed by atoms with van der Waals surface area (Å²) < 4.78 is 13.2. The summed E-state index contributed by atoms with van der Waals surface area (Å²) in [6, 6.07) is 6.75. The molecule has 0 saturated carbocycles. The van der Waals surface area contributed by atoms with Gasteiger partial charge in [-0.25, -0.2) is 4.39 Å². The lowest BCUT2D eigenvalue weighted by Crippen LogP contribution is -2.52. The van der Waals surface area contributed by atoms with Gasteiger partial charge in [0.25, 0.3) is 0 Å². The lowest BCUT2D eigenvalue weighted by Gasteiger charge is -2.31. The molecule has 114 valence electrons. The van der Waals surface area contributed by atoms with E-state index in [-0.39, 0.29) is 11.4 Å². The van der Waals surface area contributed by atoms with Gasteiger partial charge in [-0.05, 0) is 44.1 Å². The number of hydrogen-bond donors (Lipinski definition) is 2. The minimum atomic E-state index is -0.194. The van der Waals surface area contributed by atoms with E-state index in [1.165, 1.54) is 6.07 Å². The molecule has 20 heavy (non-hydrogen) atoms. The summed E-state index contributed by atoms with van der Waals surface area (Å²) in [6.07, 6.45) is 0.736. The van der Waals surface area contributed by atoms with E-state index in [2.05, 4.69) is 31.0 Å². The summed E-state index contributed by atoms with van der Waals surface area (Å²) in [5, 5.41) is 3.52. The van der Waals surface area contributed by atoms with Crippen molar-refractivity contribution < 1.29 is 4.39 Å². The van der Waals surface area contributed by atoms with Crippen molar-refractivity contribution in [1.29, 1.82) is 0 Å². The molecule has 1 atom stereocenters. The molecule has 4 heteroatoms. The van der Waals surface area contributed by atoms with Crippen LogP contribution in [0.3, 0.4) is 0 Å². The highest BCUT2D eigenvalue weighted by Crippen LogP contribution is 2.13.